The van der Waals surface area contributed by atoms with E-state index < -0.39 is 0 Å². The molecule has 0 atom stereocenters. The Labute approximate surface area is 111 Å². The van der Waals surface area contributed by atoms with Crippen LogP contribution < -0.4 is 5.32 Å². The van der Waals surface area contributed by atoms with Crippen LogP contribution in [-0.4, -0.2) is 4.99 Å². The molecule has 0 radical (unpaired) electrons. The first-order valence-corrected chi connectivity index (χ1v) is 6.34. The van der Waals surface area contributed by atoms with Gasteiger partial charge in [0.15, 0.2) is 0 Å². The third-order valence-electron chi connectivity index (χ3n) is 3.07. The van der Waals surface area contributed by atoms with E-state index in [-0.39, 0.29) is 0 Å². The highest BCUT2D eigenvalue weighted by Gasteiger charge is 2.01. The highest BCUT2D eigenvalue weighted by atomic mass is 32.1. The van der Waals surface area contributed by atoms with Gasteiger partial charge in [-0.2, -0.15) is 0 Å². The van der Waals surface area contributed by atoms with E-state index >= 15 is 0 Å². The Bertz CT molecular complexity index is 746. The highest BCUT2D eigenvalue weighted by molar-refractivity contribution is 7.80. The molecule has 1 nitrogen and oxygen atoms in total. The second-order valence-corrected chi connectivity index (χ2v) is 5.02. The fraction of sp³-hybridized carbons (Fsp3) is 0.0625. The molecule has 1 N–H and O–H groups in total. The Morgan fingerprint density at radius 1 is 0.889 bits per heavy atom. The maximum absolute atomic E-state index is 5.07. The van der Waals surface area contributed by atoms with E-state index in [4.69, 9.17) is 12.2 Å². The standard InChI is InChI=1S/C16H13NS/c1-11(18)17-14-8-9-16-13(10-14)7-6-12-4-2-3-5-15(12)16/h2-10H,1H3,(H,17,18). The van der Waals surface area contributed by atoms with Crippen molar-refractivity contribution in [2.75, 3.05) is 5.32 Å². The molecule has 0 fully saturated rings. The zero-order valence-electron chi connectivity index (χ0n) is 10.1. The van der Waals surface area contributed by atoms with Crippen LogP contribution in [0.1, 0.15) is 6.92 Å². The largest absolute Gasteiger partial charge is 0.350 e. The first-order valence-electron chi connectivity index (χ1n) is 5.93. The van der Waals surface area contributed by atoms with Crippen molar-refractivity contribution < 1.29 is 0 Å². The molecule has 3 aromatic carbocycles. The van der Waals surface area contributed by atoms with Crippen LogP contribution in [0.2, 0.25) is 0 Å². The molecule has 88 valence electrons. The Kier molecular flexibility index (Phi) is 2.73. The van der Waals surface area contributed by atoms with Crippen molar-refractivity contribution in [3.05, 3.63) is 54.6 Å². The summed E-state index contributed by atoms with van der Waals surface area (Å²) in [7, 11) is 0. The Morgan fingerprint density at radius 3 is 2.44 bits per heavy atom. The van der Waals surface area contributed by atoms with Crippen molar-refractivity contribution in [3.8, 4) is 0 Å². The van der Waals surface area contributed by atoms with Gasteiger partial charge in [-0.3, -0.25) is 0 Å². The predicted molar refractivity (Wildman–Crippen MR) is 83.3 cm³/mol. The van der Waals surface area contributed by atoms with Crippen LogP contribution >= 0.6 is 12.2 Å². The van der Waals surface area contributed by atoms with Crippen LogP contribution in [-0.2, 0) is 0 Å². The Balaban J connectivity index is 2.24. The summed E-state index contributed by atoms with van der Waals surface area (Å²) in [4.78, 5) is 0.787. The van der Waals surface area contributed by atoms with Crippen LogP contribution in [0.4, 0.5) is 5.69 Å². The summed E-state index contributed by atoms with van der Waals surface area (Å²) in [6.45, 7) is 1.89. The van der Waals surface area contributed by atoms with Gasteiger partial charge in [0.25, 0.3) is 0 Å². The lowest BCUT2D eigenvalue weighted by atomic mass is 10.0. The molecule has 0 saturated carbocycles. The van der Waals surface area contributed by atoms with E-state index in [0.29, 0.717) is 0 Å². The second-order valence-electron chi connectivity index (χ2n) is 4.40. The zero-order valence-corrected chi connectivity index (χ0v) is 10.9. The summed E-state index contributed by atoms with van der Waals surface area (Å²) in [6.07, 6.45) is 0. The third kappa shape index (κ3) is 1.95. The first kappa shape index (κ1) is 11.2. The molecule has 0 bridgehead atoms. The summed E-state index contributed by atoms with van der Waals surface area (Å²) in [5, 5.41) is 8.25. The summed E-state index contributed by atoms with van der Waals surface area (Å²) in [5.41, 5.74) is 1.05. The molecule has 0 aromatic heterocycles. The number of hydrogen-bond acceptors (Lipinski definition) is 1. The number of fused-ring (bicyclic) bond motifs is 3. The van der Waals surface area contributed by atoms with Crippen LogP contribution in [0.5, 0.6) is 0 Å². The van der Waals surface area contributed by atoms with Crippen LogP contribution in [0.25, 0.3) is 21.5 Å². The van der Waals surface area contributed by atoms with E-state index in [1.54, 1.807) is 0 Å². The summed E-state index contributed by atoms with van der Waals surface area (Å²) >= 11 is 5.07. The molecule has 3 aromatic rings. The number of benzene rings is 3. The van der Waals surface area contributed by atoms with E-state index in [9.17, 15) is 0 Å². The van der Waals surface area contributed by atoms with Gasteiger partial charge in [-0.1, -0.05) is 54.7 Å². The van der Waals surface area contributed by atoms with Gasteiger partial charge in [-0.25, -0.2) is 0 Å². The van der Waals surface area contributed by atoms with Gasteiger partial charge in [-0.15, -0.1) is 0 Å². The highest BCUT2D eigenvalue weighted by Crippen LogP contribution is 2.27. The normalized spacial score (nSPS) is 10.7. The van der Waals surface area contributed by atoms with Crippen LogP contribution in [0.15, 0.2) is 54.6 Å². The van der Waals surface area contributed by atoms with Gasteiger partial charge in [0.05, 0.1) is 4.99 Å². The average molecular weight is 251 g/mol. The van der Waals surface area contributed by atoms with Gasteiger partial charge in [-0.05, 0) is 40.6 Å². The summed E-state index contributed by atoms with van der Waals surface area (Å²) in [5.74, 6) is 0. The minimum Gasteiger partial charge on any atom is -0.350 e. The first-order chi connectivity index (χ1) is 8.74. The molecule has 18 heavy (non-hydrogen) atoms. The molecule has 0 spiro atoms. The molecular weight excluding hydrogens is 238 g/mol. The zero-order chi connectivity index (χ0) is 12.5. The summed E-state index contributed by atoms with van der Waals surface area (Å²) in [6, 6.07) is 19.1. The fourth-order valence-electron chi connectivity index (χ4n) is 2.29. The molecule has 0 saturated heterocycles. The van der Waals surface area contributed by atoms with Crippen LogP contribution in [0.3, 0.4) is 0 Å². The van der Waals surface area contributed by atoms with Crippen molar-refractivity contribution >= 4 is 44.4 Å². The fourth-order valence-corrected chi connectivity index (χ4v) is 2.41. The quantitative estimate of drug-likeness (QED) is 0.494. The third-order valence-corrected chi connectivity index (χ3v) is 3.17. The lowest BCUT2D eigenvalue weighted by molar-refractivity contribution is 1.68. The predicted octanol–water partition coefficient (Wildman–Crippen LogP) is 4.75. The van der Waals surface area contributed by atoms with E-state index in [2.05, 4.69) is 59.9 Å². The van der Waals surface area contributed by atoms with E-state index in [1.807, 2.05) is 6.92 Å². The van der Waals surface area contributed by atoms with Gasteiger partial charge in [0.2, 0.25) is 0 Å². The van der Waals surface area contributed by atoms with Gasteiger partial charge >= 0.3 is 0 Å². The SMILES string of the molecule is CC(=S)Nc1ccc2c(ccc3ccccc32)c1. The van der Waals surface area contributed by atoms with Crippen LogP contribution in [0, 0.1) is 0 Å². The number of rotatable bonds is 1. The molecule has 0 heterocycles. The smallest absolute Gasteiger partial charge is 0.0765 e. The molecule has 2 heteroatoms. The molecule has 0 aliphatic carbocycles. The van der Waals surface area contributed by atoms with Gasteiger partial charge in [0.1, 0.15) is 0 Å². The molecule has 3 rings (SSSR count). The monoisotopic (exact) mass is 251 g/mol. The minimum atomic E-state index is 0.787. The molecule has 0 unspecified atom stereocenters. The van der Waals surface area contributed by atoms with Crippen molar-refractivity contribution in [2.24, 2.45) is 0 Å². The summed E-state index contributed by atoms with van der Waals surface area (Å²) < 4.78 is 0. The van der Waals surface area contributed by atoms with Crippen molar-refractivity contribution in [1.82, 2.24) is 0 Å². The number of nitrogens with one attached hydrogen (secondary N) is 1. The minimum absolute atomic E-state index is 0.787. The Morgan fingerprint density at radius 2 is 1.61 bits per heavy atom. The van der Waals surface area contributed by atoms with E-state index in [0.717, 1.165) is 10.7 Å². The molecular formula is C16H13NS. The van der Waals surface area contributed by atoms with Crippen molar-refractivity contribution in [1.29, 1.82) is 0 Å². The molecule has 0 aliphatic rings. The average Bonchev–Trinajstić information content (AvgIpc) is 2.37. The maximum atomic E-state index is 5.07. The van der Waals surface area contributed by atoms with E-state index in [1.165, 1.54) is 21.5 Å². The van der Waals surface area contributed by atoms with Gasteiger partial charge < -0.3 is 5.32 Å². The van der Waals surface area contributed by atoms with Crippen molar-refractivity contribution in [2.45, 2.75) is 6.92 Å². The Hall–Kier alpha value is -1.93. The van der Waals surface area contributed by atoms with Crippen molar-refractivity contribution in [3.63, 3.8) is 0 Å². The van der Waals surface area contributed by atoms with Gasteiger partial charge in [0, 0.05) is 5.69 Å². The second kappa shape index (κ2) is 4.39. The topological polar surface area (TPSA) is 12.0 Å². The molecule has 0 aliphatic heterocycles. The number of thiocarbonyl (C=S) groups is 1. The number of hydrogen-bond donors (Lipinski definition) is 1. The lowest BCUT2D eigenvalue weighted by Gasteiger charge is -2.07. The maximum Gasteiger partial charge on any atom is 0.0765 e. The molecule has 0 amide bonds. The number of anilines is 1. The lowest BCUT2D eigenvalue weighted by Crippen LogP contribution is -2.02.